The number of rotatable bonds is 17. The molecule has 0 saturated carbocycles. The number of carbonyl (C=O) groups excluding carboxylic acids is 1. The zero-order valence-corrected chi connectivity index (χ0v) is 21.9. The molecule has 0 bridgehead atoms. The highest BCUT2D eigenvalue weighted by Gasteiger charge is 2.33. The van der Waals surface area contributed by atoms with E-state index in [1.54, 1.807) is 31.2 Å². The second-order valence-electron chi connectivity index (χ2n) is 8.29. The zero-order chi connectivity index (χ0) is 28.7. The van der Waals surface area contributed by atoms with Gasteiger partial charge >= 0.3 is 18.4 Å². The summed E-state index contributed by atoms with van der Waals surface area (Å²) in [4.78, 5) is 25.5. The molecule has 0 aromatic heterocycles. The lowest BCUT2D eigenvalue weighted by atomic mass is 10.1. The highest BCUT2D eigenvalue weighted by atomic mass is 19.4. The van der Waals surface area contributed by atoms with Crippen molar-refractivity contribution >= 4 is 12.1 Å². The van der Waals surface area contributed by atoms with Crippen molar-refractivity contribution in [3.63, 3.8) is 0 Å². The number of halogens is 3. The number of alkyl halides is 3. The first-order chi connectivity index (χ1) is 18.6. The topological polar surface area (TPSA) is 104 Å². The van der Waals surface area contributed by atoms with Gasteiger partial charge in [-0.3, -0.25) is 0 Å². The number of hydrogen-bond acceptors (Lipinski definition) is 7. The molecule has 39 heavy (non-hydrogen) atoms. The van der Waals surface area contributed by atoms with Gasteiger partial charge in [0.2, 0.25) is 0 Å². The van der Waals surface area contributed by atoms with Crippen LogP contribution >= 0.6 is 0 Å². The lowest BCUT2D eigenvalue weighted by molar-refractivity contribution is -0.275. The van der Waals surface area contributed by atoms with Gasteiger partial charge < -0.3 is 33.7 Å². The van der Waals surface area contributed by atoms with Gasteiger partial charge in [-0.1, -0.05) is 31.2 Å². The summed E-state index contributed by atoms with van der Waals surface area (Å²) in [7, 11) is 0. The Labute approximate surface area is 225 Å². The number of amides is 1. The summed E-state index contributed by atoms with van der Waals surface area (Å²) in [5.74, 6) is -1.55. The number of carboxylic acid groups (broad SMARTS) is 1. The van der Waals surface area contributed by atoms with Gasteiger partial charge in [-0.15, -0.1) is 13.2 Å². The van der Waals surface area contributed by atoms with E-state index in [1.165, 1.54) is 23.1 Å². The second kappa shape index (κ2) is 16.5. The Kier molecular flexibility index (Phi) is 13.4. The van der Waals surface area contributed by atoms with Gasteiger partial charge in [0, 0.05) is 32.8 Å². The van der Waals surface area contributed by atoms with Crippen molar-refractivity contribution in [3.05, 3.63) is 54.1 Å². The van der Waals surface area contributed by atoms with Crippen molar-refractivity contribution < 1.29 is 51.6 Å². The Balaban J connectivity index is 1.99. The quantitative estimate of drug-likeness (QED) is 0.261. The van der Waals surface area contributed by atoms with Crippen LogP contribution in [0.5, 0.6) is 17.2 Å². The SMILES string of the molecule is CCCOCCCN(CCOc1ccc(CC(OCC)C(=O)O)cc1)C(=O)Oc1ccccc1OC(F)(F)F. The lowest BCUT2D eigenvalue weighted by Gasteiger charge is -2.23. The van der Waals surface area contributed by atoms with Crippen LogP contribution in [0.1, 0.15) is 32.3 Å². The van der Waals surface area contributed by atoms with E-state index in [0.29, 0.717) is 25.4 Å². The highest BCUT2D eigenvalue weighted by molar-refractivity contribution is 5.73. The fraction of sp³-hybridized carbons (Fsp3) is 0.481. The zero-order valence-electron chi connectivity index (χ0n) is 21.9. The molecule has 12 heteroatoms. The Bertz CT molecular complexity index is 1020. The minimum absolute atomic E-state index is 0.0711. The van der Waals surface area contributed by atoms with E-state index in [0.717, 1.165) is 18.1 Å². The third-order valence-electron chi connectivity index (χ3n) is 5.21. The normalized spacial score (nSPS) is 12.0. The second-order valence-corrected chi connectivity index (χ2v) is 8.29. The third-order valence-corrected chi connectivity index (χ3v) is 5.21. The van der Waals surface area contributed by atoms with Crippen LogP contribution in [0.25, 0.3) is 0 Å². The average molecular weight is 558 g/mol. The molecule has 0 aliphatic carbocycles. The van der Waals surface area contributed by atoms with Crippen LogP contribution in [0.15, 0.2) is 48.5 Å². The van der Waals surface area contributed by atoms with Crippen molar-refractivity contribution in [3.8, 4) is 17.2 Å². The lowest BCUT2D eigenvalue weighted by Crippen LogP contribution is -2.38. The Morgan fingerprint density at radius 2 is 1.64 bits per heavy atom. The number of ether oxygens (including phenoxy) is 5. The summed E-state index contributed by atoms with van der Waals surface area (Å²) in [5, 5.41) is 9.24. The molecule has 0 fully saturated rings. The third kappa shape index (κ3) is 12.3. The van der Waals surface area contributed by atoms with Crippen LogP contribution in [-0.4, -0.2) is 74.1 Å². The van der Waals surface area contributed by atoms with E-state index in [-0.39, 0.29) is 38.5 Å². The van der Waals surface area contributed by atoms with Crippen LogP contribution in [0.4, 0.5) is 18.0 Å². The summed E-state index contributed by atoms with van der Waals surface area (Å²) in [6.45, 7) is 5.32. The number of aliphatic carboxylic acids is 1. The summed E-state index contributed by atoms with van der Waals surface area (Å²) in [6, 6.07) is 11.8. The summed E-state index contributed by atoms with van der Waals surface area (Å²) in [6.07, 6.45) is -5.23. The molecule has 2 aromatic carbocycles. The number of carboxylic acids is 1. The maximum absolute atomic E-state index is 12.9. The molecule has 0 aliphatic rings. The van der Waals surface area contributed by atoms with Gasteiger partial charge in [-0.2, -0.15) is 0 Å². The minimum atomic E-state index is -4.94. The smallest absolute Gasteiger partial charge is 0.492 e. The van der Waals surface area contributed by atoms with Gasteiger partial charge in [0.1, 0.15) is 12.4 Å². The highest BCUT2D eigenvalue weighted by Crippen LogP contribution is 2.32. The number of carbonyl (C=O) groups is 2. The molecule has 0 radical (unpaired) electrons. The van der Waals surface area contributed by atoms with Gasteiger partial charge in [-0.05, 0) is 49.6 Å². The van der Waals surface area contributed by atoms with Crippen molar-refractivity contribution in [1.29, 1.82) is 0 Å². The fourth-order valence-corrected chi connectivity index (χ4v) is 3.43. The predicted molar refractivity (Wildman–Crippen MR) is 135 cm³/mol. The standard InChI is InChI=1S/C27H34F3NO8/c1-3-16-35-17-7-14-31(26(34)38-22-8-5-6-9-23(22)39-27(28,29)30)15-18-37-21-12-10-20(11-13-21)19-24(25(32)33)36-4-2/h5-6,8-13,24H,3-4,7,14-19H2,1-2H3,(H,32,33). The predicted octanol–water partition coefficient (Wildman–Crippen LogP) is 5.31. The first-order valence-electron chi connectivity index (χ1n) is 12.6. The largest absolute Gasteiger partial charge is 0.573 e. The van der Waals surface area contributed by atoms with Gasteiger partial charge in [-0.25, -0.2) is 9.59 Å². The van der Waals surface area contributed by atoms with Gasteiger partial charge in [0.25, 0.3) is 0 Å². The van der Waals surface area contributed by atoms with Crippen molar-refractivity contribution in [2.24, 2.45) is 0 Å². The van der Waals surface area contributed by atoms with Crippen LogP contribution in [0, 0.1) is 0 Å². The Morgan fingerprint density at radius 1 is 0.949 bits per heavy atom. The monoisotopic (exact) mass is 557 g/mol. The molecule has 1 amide bonds. The summed E-state index contributed by atoms with van der Waals surface area (Å²) in [5.41, 5.74) is 0.750. The number of nitrogens with zero attached hydrogens (tertiary/aromatic N) is 1. The minimum Gasteiger partial charge on any atom is -0.492 e. The average Bonchev–Trinajstić information content (AvgIpc) is 2.88. The molecule has 9 nitrogen and oxygen atoms in total. The van der Waals surface area contributed by atoms with Gasteiger partial charge in [0.05, 0.1) is 6.54 Å². The van der Waals surface area contributed by atoms with Crippen molar-refractivity contribution in [2.75, 3.05) is 39.5 Å². The molecule has 0 saturated heterocycles. The molecule has 1 N–H and O–H groups in total. The van der Waals surface area contributed by atoms with E-state index in [4.69, 9.17) is 18.9 Å². The van der Waals surface area contributed by atoms with E-state index in [1.807, 2.05) is 6.92 Å². The molecule has 2 aromatic rings. The van der Waals surface area contributed by atoms with E-state index in [2.05, 4.69) is 4.74 Å². The first-order valence-corrected chi connectivity index (χ1v) is 12.6. The van der Waals surface area contributed by atoms with Crippen LogP contribution in [0.3, 0.4) is 0 Å². The molecule has 216 valence electrons. The van der Waals surface area contributed by atoms with Crippen molar-refractivity contribution in [2.45, 2.75) is 45.6 Å². The number of para-hydroxylation sites is 2. The summed E-state index contributed by atoms with van der Waals surface area (Å²) >= 11 is 0. The Morgan fingerprint density at radius 3 is 2.26 bits per heavy atom. The van der Waals surface area contributed by atoms with E-state index < -0.39 is 30.3 Å². The van der Waals surface area contributed by atoms with E-state index >= 15 is 0 Å². The van der Waals surface area contributed by atoms with Crippen LogP contribution in [-0.2, 0) is 20.7 Å². The molecule has 0 spiro atoms. The molecule has 2 rings (SSSR count). The Hall–Kier alpha value is -3.51. The molecular formula is C27H34F3NO8. The molecule has 1 unspecified atom stereocenters. The maximum Gasteiger partial charge on any atom is 0.573 e. The molecule has 0 aliphatic heterocycles. The summed E-state index contributed by atoms with van der Waals surface area (Å²) < 4.78 is 63.8. The van der Waals surface area contributed by atoms with Gasteiger partial charge in [0.15, 0.2) is 17.6 Å². The molecular weight excluding hydrogens is 523 g/mol. The van der Waals surface area contributed by atoms with Crippen LogP contribution in [0.2, 0.25) is 0 Å². The molecule has 0 heterocycles. The van der Waals surface area contributed by atoms with Crippen molar-refractivity contribution in [1.82, 2.24) is 4.90 Å². The first kappa shape index (κ1) is 31.7. The molecule has 1 atom stereocenters. The maximum atomic E-state index is 12.9. The van der Waals surface area contributed by atoms with Crippen LogP contribution < -0.4 is 14.2 Å². The van der Waals surface area contributed by atoms with E-state index in [9.17, 15) is 27.9 Å². The number of hydrogen-bond donors (Lipinski definition) is 1. The fourth-order valence-electron chi connectivity index (χ4n) is 3.43. The number of benzene rings is 2.